The third kappa shape index (κ3) is 5.27. The van der Waals surface area contributed by atoms with E-state index in [2.05, 4.69) is 10.6 Å². The quantitative estimate of drug-likeness (QED) is 0.550. The summed E-state index contributed by atoms with van der Waals surface area (Å²) in [5, 5.41) is 7.41. The van der Waals surface area contributed by atoms with Crippen LogP contribution < -0.4 is 20.1 Å². The number of carbonyl (C=O) groups excluding carboxylic acids is 2. The molecule has 0 aliphatic heterocycles. The van der Waals surface area contributed by atoms with Gasteiger partial charge in [0.05, 0.1) is 19.9 Å². The van der Waals surface area contributed by atoms with Crippen molar-refractivity contribution in [3.05, 3.63) is 81.7 Å². The number of anilines is 1. The number of hydrogen-bond acceptors (Lipinski definition) is 5. The molecule has 0 radical (unpaired) electrons. The smallest absolute Gasteiger partial charge is 0.272 e. The molecule has 3 rings (SSSR count). The highest BCUT2D eigenvalue weighted by Gasteiger charge is 2.17. The first kappa shape index (κ1) is 21.1. The van der Waals surface area contributed by atoms with Gasteiger partial charge in [-0.2, -0.15) is 0 Å². The maximum atomic E-state index is 13.0. The molecule has 1 aromatic heterocycles. The minimum absolute atomic E-state index is 0.126. The lowest BCUT2D eigenvalue weighted by atomic mass is 10.1. The molecule has 0 aliphatic rings. The number of hydrogen-bond donors (Lipinski definition) is 2. The number of nitrogens with one attached hydrogen (secondary N) is 2. The van der Waals surface area contributed by atoms with Gasteiger partial charge in [-0.05, 0) is 48.7 Å². The predicted octanol–water partition coefficient (Wildman–Crippen LogP) is 4.48. The highest BCUT2D eigenvalue weighted by atomic mass is 32.1. The summed E-state index contributed by atoms with van der Waals surface area (Å²) < 4.78 is 10.5. The summed E-state index contributed by atoms with van der Waals surface area (Å²) in [6, 6.07) is 15.9. The van der Waals surface area contributed by atoms with E-state index < -0.39 is 5.91 Å². The van der Waals surface area contributed by atoms with Crippen molar-refractivity contribution >= 4 is 34.9 Å². The maximum Gasteiger partial charge on any atom is 0.272 e. The van der Waals surface area contributed by atoms with E-state index in [9.17, 15) is 9.59 Å². The second kappa shape index (κ2) is 9.76. The van der Waals surface area contributed by atoms with E-state index in [1.54, 1.807) is 43.5 Å². The fourth-order valence-corrected chi connectivity index (χ4v) is 3.32. The van der Waals surface area contributed by atoms with Gasteiger partial charge >= 0.3 is 0 Å². The van der Waals surface area contributed by atoms with E-state index in [1.165, 1.54) is 18.4 Å². The Hall–Kier alpha value is -3.58. The van der Waals surface area contributed by atoms with Gasteiger partial charge in [-0.3, -0.25) is 9.59 Å². The first-order valence-electron chi connectivity index (χ1n) is 9.16. The van der Waals surface area contributed by atoms with E-state index in [4.69, 9.17) is 9.47 Å². The fourth-order valence-electron chi connectivity index (χ4n) is 2.66. The molecule has 2 N–H and O–H groups in total. The molecule has 2 amide bonds. The third-order valence-electron chi connectivity index (χ3n) is 4.29. The molecule has 7 heteroatoms. The molecule has 0 unspecified atom stereocenters. The van der Waals surface area contributed by atoms with Gasteiger partial charge in [0.15, 0.2) is 0 Å². The van der Waals surface area contributed by atoms with E-state index in [0.717, 1.165) is 10.4 Å². The van der Waals surface area contributed by atoms with E-state index >= 15 is 0 Å². The summed E-state index contributed by atoms with van der Waals surface area (Å²) in [5.41, 5.74) is 2.10. The molecule has 0 saturated carbocycles. The third-order valence-corrected chi connectivity index (χ3v) is 5.11. The van der Waals surface area contributed by atoms with Crippen molar-refractivity contribution in [3.63, 3.8) is 0 Å². The van der Waals surface area contributed by atoms with Gasteiger partial charge in [0, 0.05) is 16.5 Å². The first-order valence-corrected chi connectivity index (χ1v) is 10.0. The lowest BCUT2D eigenvalue weighted by molar-refractivity contribution is -0.113. The van der Waals surface area contributed by atoms with Gasteiger partial charge in [-0.1, -0.05) is 23.8 Å². The van der Waals surface area contributed by atoms with Crippen molar-refractivity contribution in [2.75, 3.05) is 19.5 Å². The molecule has 30 heavy (non-hydrogen) atoms. The lowest BCUT2D eigenvalue weighted by Crippen LogP contribution is -2.30. The van der Waals surface area contributed by atoms with Crippen molar-refractivity contribution in [2.24, 2.45) is 0 Å². The van der Waals surface area contributed by atoms with Crippen molar-refractivity contribution < 1.29 is 19.1 Å². The van der Waals surface area contributed by atoms with Crippen LogP contribution in [-0.2, 0) is 4.79 Å². The van der Waals surface area contributed by atoms with Gasteiger partial charge in [0.2, 0.25) is 0 Å². The second-order valence-electron chi connectivity index (χ2n) is 6.41. The number of thiophene rings is 1. The Bertz CT molecular complexity index is 1060. The first-order chi connectivity index (χ1) is 14.5. The number of rotatable bonds is 7. The average molecular weight is 423 g/mol. The number of benzene rings is 2. The van der Waals surface area contributed by atoms with Crippen LogP contribution in [0.3, 0.4) is 0 Å². The molecule has 0 atom stereocenters. The van der Waals surface area contributed by atoms with Crippen LogP contribution in [0.2, 0.25) is 0 Å². The number of amides is 2. The van der Waals surface area contributed by atoms with Crippen molar-refractivity contribution in [1.29, 1.82) is 0 Å². The topological polar surface area (TPSA) is 76.7 Å². The summed E-state index contributed by atoms with van der Waals surface area (Å²) in [4.78, 5) is 26.5. The molecule has 0 bridgehead atoms. The molecule has 2 aromatic carbocycles. The SMILES string of the molecule is COc1ccc(NC(=O)/C(=C/c2cccs2)NC(=O)c2ccc(C)cc2)c(OC)c1. The molecular weight excluding hydrogens is 400 g/mol. The van der Waals surface area contributed by atoms with Crippen LogP contribution in [-0.4, -0.2) is 26.0 Å². The molecule has 0 aliphatic carbocycles. The zero-order valence-corrected chi connectivity index (χ0v) is 17.7. The van der Waals surface area contributed by atoms with Crippen molar-refractivity contribution in [2.45, 2.75) is 6.92 Å². The highest BCUT2D eigenvalue weighted by molar-refractivity contribution is 7.10. The van der Waals surface area contributed by atoms with Gasteiger partial charge in [0.25, 0.3) is 11.8 Å². The minimum Gasteiger partial charge on any atom is -0.497 e. The zero-order chi connectivity index (χ0) is 21.5. The normalized spacial score (nSPS) is 11.0. The Kier molecular flexibility index (Phi) is 6.87. The van der Waals surface area contributed by atoms with E-state index in [0.29, 0.717) is 22.7 Å². The van der Waals surface area contributed by atoms with Crippen molar-refractivity contribution in [3.8, 4) is 11.5 Å². The van der Waals surface area contributed by atoms with Crippen LogP contribution in [0, 0.1) is 6.92 Å². The Balaban J connectivity index is 1.86. The van der Waals surface area contributed by atoms with Crippen LogP contribution >= 0.6 is 11.3 Å². The number of aryl methyl sites for hydroxylation is 1. The average Bonchev–Trinajstić information content (AvgIpc) is 3.27. The van der Waals surface area contributed by atoms with Crippen molar-refractivity contribution in [1.82, 2.24) is 5.32 Å². The molecule has 3 aromatic rings. The van der Waals surface area contributed by atoms with Crippen LogP contribution in [0.5, 0.6) is 11.5 Å². The summed E-state index contributed by atoms with van der Waals surface area (Å²) in [5.74, 6) is 0.219. The van der Waals surface area contributed by atoms with Crippen LogP contribution in [0.15, 0.2) is 65.7 Å². The molecule has 6 nitrogen and oxygen atoms in total. The monoisotopic (exact) mass is 422 g/mol. The minimum atomic E-state index is -0.465. The molecular formula is C23H22N2O4S. The summed E-state index contributed by atoms with van der Waals surface area (Å²) in [6.07, 6.45) is 1.64. The summed E-state index contributed by atoms with van der Waals surface area (Å²) in [6.45, 7) is 1.94. The molecule has 0 fully saturated rings. The van der Waals surface area contributed by atoms with Gasteiger partial charge < -0.3 is 20.1 Å². The predicted molar refractivity (Wildman–Crippen MR) is 119 cm³/mol. The second-order valence-corrected chi connectivity index (χ2v) is 7.39. The summed E-state index contributed by atoms with van der Waals surface area (Å²) in [7, 11) is 3.06. The number of ether oxygens (including phenoxy) is 2. The standard InChI is InChI=1S/C23H22N2O4S/c1-15-6-8-16(9-7-15)22(26)25-20(14-18-5-4-12-30-18)23(27)24-19-11-10-17(28-2)13-21(19)29-3/h4-14H,1-3H3,(H,24,27)(H,25,26)/b20-14-. The molecule has 1 heterocycles. The van der Waals surface area contributed by atoms with E-state index in [-0.39, 0.29) is 11.6 Å². The number of carbonyl (C=O) groups is 2. The Morgan fingerprint density at radius 3 is 2.40 bits per heavy atom. The molecule has 154 valence electrons. The Morgan fingerprint density at radius 1 is 1.00 bits per heavy atom. The van der Waals surface area contributed by atoms with Gasteiger partial charge in [-0.25, -0.2) is 0 Å². The van der Waals surface area contributed by atoms with Crippen LogP contribution in [0.25, 0.3) is 6.08 Å². The fraction of sp³-hybridized carbons (Fsp3) is 0.130. The summed E-state index contributed by atoms with van der Waals surface area (Å²) >= 11 is 1.46. The van der Waals surface area contributed by atoms with Crippen LogP contribution in [0.1, 0.15) is 20.8 Å². The van der Waals surface area contributed by atoms with Crippen LogP contribution in [0.4, 0.5) is 5.69 Å². The maximum absolute atomic E-state index is 13.0. The van der Waals surface area contributed by atoms with Gasteiger partial charge in [0.1, 0.15) is 17.2 Å². The molecule has 0 saturated heterocycles. The number of methoxy groups -OCH3 is 2. The zero-order valence-electron chi connectivity index (χ0n) is 16.9. The van der Waals surface area contributed by atoms with E-state index in [1.807, 2.05) is 36.6 Å². The van der Waals surface area contributed by atoms with Gasteiger partial charge in [-0.15, -0.1) is 11.3 Å². The Morgan fingerprint density at radius 2 is 1.77 bits per heavy atom. The lowest BCUT2D eigenvalue weighted by Gasteiger charge is -2.14. The Labute approximate surface area is 179 Å². The largest absolute Gasteiger partial charge is 0.497 e. The molecule has 0 spiro atoms. The highest BCUT2D eigenvalue weighted by Crippen LogP contribution is 2.29.